The fourth-order valence-electron chi connectivity index (χ4n) is 2.55. The van der Waals surface area contributed by atoms with Gasteiger partial charge in [0.25, 0.3) is 0 Å². The van der Waals surface area contributed by atoms with Crippen molar-refractivity contribution in [3.8, 4) is 5.75 Å². The van der Waals surface area contributed by atoms with E-state index in [1.165, 1.54) is 0 Å². The Morgan fingerprint density at radius 3 is 2.75 bits per heavy atom. The maximum atomic E-state index is 10.7. The van der Waals surface area contributed by atoms with Crippen molar-refractivity contribution in [2.45, 2.75) is 18.9 Å². The van der Waals surface area contributed by atoms with E-state index in [-0.39, 0.29) is 5.92 Å². The van der Waals surface area contributed by atoms with E-state index in [4.69, 9.17) is 4.74 Å². The fraction of sp³-hybridized carbons (Fsp3) is 0.250. The van der Waals surface area contributed by atoms with Crippen molar-refractivity contribution in [3.05, 3.63) is 62.0 Å². The summed E-state index contributed by atoms with van der Waals surface area (Å²) in [6, 6.07) is 11.9. The molecule has 1 N–H and O–H groups in total. The van der Waals surface area contributed by atoms with Crippen LogP contribution >= 0.6 is 31.9 Å². The first-order valence-corrected chi connectivity index (χ1v) is 8.02. The number of aliphatic hydroxyl groups is 1. The molecule has 0 spiro atoms. The minimum Gasteiger partial charge on any atom is -0.493 e. The lowest BCUT2D eigenvalue weighted by molar-refractivity contribution is 0.129. The van der Waals surface area contributed by atoms with Crippen LogP contribution in [0.4, 0.5) is 0 Å². The smallest absolute Gasteiger partial charge is 0.123 e. The number of benzene rings is 2. The summed E-state index contributed by atoms with van der Waals surface area (Å²) >= 11 is 7.07. The van der Waals surface area contributed by atoms with Gasteiger partial charge in [0.05, 0.1) is 18.6 Å². The maximum absolute atomic E-state index is 10.7. The van der Waals surface area contributed by atoms with Crippen LogP contribution in [0.1, 0.15) is 28.7 Å². The van der Waals surface area contributed by atoms with E-state index in [0.717, 1.165) is 31.4 Å². The number of rotatable bonds is 2. The van der Waals surface area contributed by atoms with Crippen LogP contribution in [0.5, 0.6) is 5.75 Å². The molecule has 2 aromatic rings. The van der Waals surface area contributed by atoms with Crippen molar-refractivity contribution >= 4 is 31.9 Å². The maximum Gasteiger partial charge on any atom is 0.123 e. The molecule has 20 heavy (non-hydrogen) atoms. The summed E-state index contributed by atoms with van der Waals surface area (Å²) in [5.74, 6) is 0.843. The first-order chi connectivity index (χ1) is 9.58. The van der Waals surface area contributed by atoms with Crippen LogP contribution in [0, 0.1) is 6.92 Å². The zero-order valence-electron chi connectivity index (χ0n) is 10.9. The van der Waals surface area contributed by atoms with Crippen molar-refractivity contribution in [2.75, 3.05) is 6.61 Å². The normalized spacial score (nSPS) is 18.5. The van der Waals surface area contributed by atoms with E-state index in [1.807, 2.05) is 43.3 Å². The number of fused-ring (bicyclic) bond motifs is 1. The van der Waals surface area contributed by atoms with E-state index in [2.05, 4.69) is 31.9 Å². The van der Waals surface area contributed by atoms with E-state index >= 15 is 0 Å². The summed E-state index contributed by atoms with van der Waals surface area (Å²) in [6.45, 7) is 2.54. The molecule has 104 valence electrons. The molecular formula is C16H14Br2O2. The Morgan fingerprint density at radius 1 is 1.20 bits per heavy atom. The second-order valence-corrected chi connectivity index (χ2v) is 6.73. The molecule has 2 atom stereocenters. The Kier molecular flexibility index (Phi) is 3.89. The van der Waals surface area contributed by atoms with Gasteiger partial charge in [0, 0.05) is 14.5 Å². The molecule has 2 unspecified atom stereocenters. The monoisotopic (exact) mass is 396 g/mol. The quantitative estimate of drug-likeness (QED) is 0.793. The van der Waals surface area contributed by atoms with Gasteiger partial charge in [-0.15, -0.1) is 0 Å². The molecule has 0 saturated carbocycles. The van der Waals surface area contributed by atoms with Crippen LogP contribution in [0.2, 0.25) is 0 Å². The molecule has 0 bridgehead atoms. The van der Waals surface area contributed by atoms with Gasteiger partial charge in [-0.3, -0.25) is 0 Å². The largest absolute Gasteiger partial charge is 0.493 e. The predicted molar refractivity (Wildman–Crippen MR) is 86.2 cm³/mol. The second kappa shape index (κ2) is 5.51. The highest BCUT2D eigenvalue weighted by atomic mass is 79.9. The Hall–Kier alpha value is -0.840. The number of halogens is 2. The summed E-state index contributed by atoms with van der Waals surface area (Å²) in [5.41, 5.74) is 3.09. The molecule has 0 amide bonds. The van der Waals surface area contributed by atoms with Gasteiger partial charge in [-0.1, -0.05) is 50.1 Å². The number of para-hydroxylation sites is 1. The van der Waals surface area contributed by atoms with Gasteiger partial charge in [-0.2, -0.15) is 0 Å². The van der Waals surface area contributed by atoms with Crippen LogP contribution in [0.25, 0.3) is 0 Å². The first kappa shape index (κ1) is 14.1. The lowest BCUT2D eigenvalue weighted by Crippen LogP contribution is -2.13. The van der Waals surface area contributed by atoms with E-state index < -0.39 is 6.10 Å². The molecule has 1 heterocycles. The van der Waals surface area contributed by atoms with Gasteiger partial charge in [0.1, 0.15) is 5.75 Å². The van der Waals surface area contributed by atoms with E-state index in [9.17, 15) is 5.11 Å². The average molecular weight is 398 g/mol. The minimum absolute atomic E-state index is 0.0305. The second-order valence-electron chi connectivity index (χ2n) is 5.02. The number of aryl methyl sites for hydroxylation is 1. The molecule has 2 aromatic carbocycles. The number of ether oxygens (including phenoxy) is 1. The predicted octanol–water partition coefficient (Wildman–Crippen LogP) is 4.73. The Morgan fingerprint density at radius 2 is 1.95 bits per heavy atom. The molecule has 2 nitrogen and oxygen atoms in total. The van der Waals surface area contributed by atoms with Crippen molar-refractivity contribution in [1.82, 2.24) is 0 Å². The summed E-state index contributed by atoms with van der Waals surface area (Å²) in [5, 5.41) is 10.7. The van der Waals surface area contributed by atoms with Crippen molar-refractivity contribution < 1.29 is 9.84 Å². The fourth-order valence-corrected chi connectivity index (χ4v) is 3.61. The van der Waals surface area contributed by atoms with Gasteiger partial charge in [-0.05, 0) is 36.2 Å². The Labute approximate surface area is 135 Å². The Bertz CT molecular complexity index is 655. The van der Waals surface area contributed by atoms with Gasteiger partial charge >= 0.3 is 0 Å². The first-order valence-electron chi connectivity index (χ1n) is 6.43. The molecule has 1 aliphatic heterocycles. The molecule has 1 aliphatic rings. The molecule has 0 aromatic heterocycles. The third-order valence-electron chi connectivity index (χ3n) is 3.71. The summed E-state index contributed by atoms with van der Waals surface area (Å²) in [6.07, 6.45) is -0.593. The molecule has 4 heteroatoms. The third kappa shape index (κ3) is 2.41. The van der Waals surface area contributed by atoms with Crippen molar-refractivity contribution in [2.24, 2.45) is 0 Å². The standard InChI is InChI=1S/C16H14Br2O2/c1-9-6-14(18)11(7-13(9)17)16(19)12-8-20-15-5-3-2-4-10(12)15/h2-7,12,16,19H,8H2,1H3. The Balaban J connectivity index is 1.98. The van der Waals surface area contributed by atoms with Crippen LogP contribution in [-0.4, -0.2) is 11.7 Å². The van der Waals surface area contributed by atoms with Gasteiger partial charge in [0.15, 0.2) is 0 Å². The zero-order valence-corrected chi connectivity index (χ0v) is 14.1. The van der Waals surface area contributed by atoms with Gasteiger partial charge in [0.2, 0.25) is 0 Å². The highest BCUT2D eigenvalue weighted by molar-refractivity contribution is 9.11. The van der Waals surface area contributed by atoms with Crippen LogP contribution in [0.3, 0.4) is 0 Å². The van der Waals surface area contributed by atoms with Gasteiger partial charge < -0.3 is 9.84 Å². The minimum atomic E-state index is -0.593. The number of hydrogen-bond donors (Lipinski definition) is 1. The molecule has 0 radical (unpaired) electrons. The molecule has 0 saturated heterocycles. The van der Waals surface area contributed by atoms with Crippen molar-refractivity contribution in [3.63, 3.8) is 0 Å². The number of aliphatic hydroxyl groups excluding tert-OH is 1. The van der Waals surface area contributed by atoms with Gasteiger partial charge in [-0.25, -0.2) is 0 Å². The average Bonchev–Trinajstić information content (AvgIpc) is 2.86. The van der Waals surface area contributed by atoms with Crippen LogP contribution in [0.15, 0.2) is 45.3 Å². The zero-order chi connectivity index (χ0) is 14.3. The third-order valence-corrected chi connectivity index (χ3v) is 5.26. The van der Waals surface area contributed by atoms with Crippen LogP contribution in [-0.2, 0) is 0 Å². The SMILES string of the molecule is Cc1cc(Br)c(C(O)C2COc3ccccc32)cc1Br. The van der Waals surface area contributed by atoms with Crippen molar-refractivity contribution in [1.29, 1.82) is 0 Å². The van der Waals surface area contributed by atoms with Crippen LogP contribution < -0.4 is 4.74 Å². The highest BCUT2D eigenvalue weighted by Gasteiger charge is 2.32. The lowest BCUT2D eigenvalue weighted by Gasteiger charge is -2.20. The highest BCUT2D eigenvalue weighted by Crippen LogP contribution is 2.43. The summed E-state index contributed by atoms with van der Waals surface area (Å²) in [4.78, 5) is 0. The molecular weight excluding hydrogens is 384 g/mol. The molecule has 0 fully saturated rings. The summed E-state index contributed by atoms with van der Waals surface area (Å²) < 4.78 is 7.59. The lowest BCUT2D eigenvalue weighted by atomic mass is 9.90. The van der Waals surface area contributed by atoms with E-state index in [1.54, 1.807) is 0 Å². The summed E-state index contributed by atoms with van der Waals surface area (Å²) in [7, 11) is 0. The molecule has 3 rings (SSSR count). The molecule has 0 aliphatic carbocycles. The number of hydrogen-bond acceptors (Lipinski definition) is 2. The topological polar surface area (TPSA) is 29.5 Å². The van der Waals surface area contributed by atoms with E-state index in [0.29, 0.717) is 6.61 Å².